The second-order valence-electron chi connectivity index (χ2n) is 8.32. The van der Waals surface area contributed by atoms with Gasteiger partial charge < -0.3 is 34.6 Å². The molecule has 29 heavy (non-hydrogen) atoms. The molecule has 0 saturated carbocycles. The third kappa shape index (κ3) is 4.39. The molecule has 7 heteroatoms. The highest BCUT2D eigenvalue weighted by Crippen LogP contribution is 2.42. The van der Waals surface area contributed by atoms with Crippen LogP contribution in [-0.2, 0) is 22.5 Å². The molecule has 0 aliphatic carbocycles. The number of ether oxygens (including phenoxy) is 3. The predicted octanol–water partition coefficient (Wildman–Crippen LogP) is 2.24. The summed E-state index contributed by atoms with van der Waals surface area (Å²) >= 11 is 0. The van der Waals surface area contributed by atoms with E-state index in [9.17, 15) is 20.4 Å². The van der Waals surface area contributed by atoms with Crippen molar-refractivity contribution in [2.45, 2.75) is 103 Å². The van der Waals surface area contributed by atoms with Crippen LogP contribution in [0.15, 0.2) is 0 Å². The Morgan fingerprint density at radius 1 is 1.00 bits per heavy atom. The van der Waals surface area contributed by atoms with Crippen molar-refractivity contribution in [3.63, 3.8) is 0 Å². The second-order valence-corrected chi connectivity index (χ2v) is 8.32. The fourth-order valence-electron chi connectivity index (χ4n) is 4.25. The lowest BCUT2D eigenvalue weighted by Crippen LogP contribution is -2.58. The molecule has 164 valence electrons. The molecule has 2 heterocycles. The Morgan fingerprint density at radius 2 is 1.72 bits per heavy atom. The highest BCUT2D eigenvalue weighted by Gasteiger charge is 2.43. The Balaban J connectivity index is 1.85. The zero-order valence-corrected chi connectivity index (χ0v) is 17.7. The van der Waals surface area contributed by atoms with E-state index < -0.39 is 30.7 Å². The number of unbranched alkanes of at least 4 members (excludes halogenated alkanes) is 2. The van der Waals surface area contributed by atoms with E-state index >= 15 is 0 Å². The van der Waals surface area contributed by atoms with Crippen LogP contribution in [0.25, 0.3) is 0 Å². The molecule has 1 saturated heterocycles. The van der Waals surface area contributed by atoms with Gasteiger partial charge in [-0.15, -0.1) is 0 Å². The number of benzene rings is 1. The van der Waals surface area contributed by atoms with Gasteiger partial charge in [0.2, 0.25) is 6.29 Å². The van der Waals surface area contributed by atoms with Crippen LogP contribution in [0.5, 0.6) is 11.5 Å². The van der Waals surface area contributed by atoms with Crippen LogP contribution < -0.4 is 4.74 Å². The maximum atomic E-state index is 10.7. The van der Waals surface area contributed by atoms with Gasteiger partial charge in [-0.25, -0.2) is 0 Å². The highest BCUT2D eigenvalue weighted by atomic mass is 16.7. The zero-order valence-electron chi connectivity index (χ0n) is 17.7. The predicted molar refractivity (Wildman–Crippen MR) is 107 cm³/mol. The van der Waals surface area contributed by atoms with E-state index in [-0.39, 0.29) is 11.9 Å². The molecule has 2 aliphatic rings. The number of fused-ring (bicyclic) bond motifs is 1. The first kappa shape index (κ1) is 22.3. The molecule has 2 aliphatic heterocycles. The molecule has 0 spiro atoms. The van der Waals surface area contributed by atoms with E-state index in [2.05, 4.69) is 6.92 Å². The summed E-state index contributed by atoms with van der Waals surface area (Å²) < 4.78 is 17.5. The number of aromatic hydroxyl groups is 1. The van der Waals surface area contributed by atoms with E-state index in [1.54, 1.807) is 13.8 Å². The average Bonchev–Trinajstić information content (AvgIpc) is 2.71. The standard InChI is InChI=1S/C22H34O7/c1-5-6-7-8-14-9-15-11(2)21(12(3)17(23)16(15)10-27-14)29-22-20(26)19(25)18(24)13(4)28-22/h13-14,18-20,22-26H,5-10H2,1-4H3. The first-order valence-electron chi connectivity index (χ1n) is 10.6. The molecule has 1 aromatic carbocycles. The molecule has 4 N–H and O–H groups in total. The topological polar surface area (TPSA) is 109 Å². The van der Waals surface area contributed by atoms with Gasteiger partial charge >= 0.3 is 0 Å². The van der Waals surface area contributed by atoms with Crippen molar-refractivity contribution in [2.75, 3.05) is 0 Å². The van der Waals surface area contributed by atoms with Crippen LogP contribution in [0.4, 0.5) is 0 Å². The maximum absolute atomic E-state index is 10.7. The first-order valence-corrected chi connectivity index (χ1v) is 10.6. The summed E-state index contributed by atoms with van der Waals surface area (Å²) in [7, 11) is 0. The lowest BCUT2D eigenvalue weighted by molar-refractivity contribution is -0.268. The van der Waals surface area contributed by atoms with Gasteiger partial charge in [0.25, 0.3) is 0 Å². The number of phenols is 1. The Kier molecular flexibility index (Phi) is 7.06. The minimum Gasteiger partial charge on any atom is -0.507 e. The van der Waals surface area contributed by atoms with Crippen molar-refractivity contribution in [3.8, 4) is 11.5 Å². The summed E-state index contributed by atoms with van der Waals surface area (Å²) in [5.74, 6) is 0.571. The van der Waals surface area contributed by atoms with Gasteiger partial charge in [-0.1, -0.05) is 26.2 Å². The summed E-state index contributed by atoms with van der Waals surface area (Å²) in [5, 5.41) is 41.0. The van der Waals surface area contributed by atoms with E-state index in [0.717, 1.165) is 36.0 Å². The molecule has 6 atom stereocenters. The minimum atomic E-state index is -1.40. The Labute approximate surface area is 172 Å². The number of rotatable bonds is 6. The van der Waals surface area contributed by atoms with Gasteiger partial charge in [0.05, 0.1) is 18.8 Å². The molecule has 6 unspecified atom stereocenters. The van der Waals surface area contributed by atoms with Gasteiger partial charge in [0.15, 0.2) is 0 Å². The summed E-state index contributed by atoms with van der Waals surface area (Å²) in [5.41, 5.74) is 3.21. The first-order chi connectivity index (χ1) is 13.8. The van der Waals surface area contributed by atoms with E-state index in [0.29, 0.717) is 24.3 Å². The van der Waals surface area contributed by atoms with E-state index in [4.69, 9.17) is 14.2 Å². The van der Waals surface area contributed by atoms with E-state index in [1.165, 1.54) is 6.42 Å². The van der Waals surface area contributed by atoms with Gasteiger partial charge in [0, 0.05) is 11.1 Å². The van der Waals surface area contributed by atoms with Crippen molar-refractivity contribution in [1.29, 1.82) is 0 Å². The molecule has 3 rings (SSSR count). The van der Waals surface area contributed by atoms with Crippen LogP contribution >= 0.6 is 0 Å². The minimum absolute atomic E-state index is 0.108. The quantitative estimate of drug-likeness (QED) is 0.533. The molecular weight excluding hydrogens is 376 g/mol. The third-order valence-corrected chi connectivity index (χ3v) is 6.21. The number of hydrogen-bond donors (Lipinski definition) is 4. The Hall–Kier alpha value is -1.38. The summed E-state index contributed by atoms with van der Waals surface area (Å²) in [6.07, 6.45) is -0.580. The van der Waals surface area contributed by atoms with Crippen LogP contribution in [0, 0.1) is 13.8 Å². The van der Waals surface area contributed by atoms with Crippen molar-refractivity contribution < 1.29 is 34.6 Å². The van der Waals surface area contributed by atoms with Gasteiger partial charge in [-0.2, -0.15) is 0 Å². The van der Waals surface area contributed by atoms with Gasteiger partial charge in [0.1, 0.15) is 29.8 Å². The molecule has 7 nitrogen and oxygen atoms in total. The average molecular weight is 411 g/mol. The van der Waals surface area contributed by atoms with Gasteiger partial charge in [-0.3, -0.25) is 0 Å². The van der Waals surface area contributed by atoms with Crippen molar-refractivity contribution >= 4 is 0 Å². The summed E-state index contributed by atoms with van der Waals surface area (Å²) in [6.45, 7) is 7.82. The maximum Gasteiger partial charge on any atom is 0.229 e. The van der Waals surface area contributed by atoms with Crippen molar-refractivity contribution in [3.05, 3.63) is 22.3 Å². The molecular formula is C22H34O7. The SMILES string of the molecule is CCCCCC1Cc2c(C)c(OC3OC(C)C(O)C(O)C3O)c(C)c(O)c2CO1. The number of phenolic OH excluding ortho intramolecular Hbond substituents is 1. The molecule has 0 aromatic heterocycles. The number of aliphatic hydroxyl groups is 3. The van der Waals surface area contributed by atoms with Crippen LogP contribution in [0.3, 0.4) is 0 Å². The molecule has 1 aromatic rings. The normalized spacial score (nSPS) is 32.1. The van der Waals surface area contributed by atoms with Gasteiger partial charge in [-0.05, 0) is 44.7 Å². The Morgan fingerprint density at radius 3 is 2.41 bits per heavy atom. The lowest BCUT2D eigenvalue weighted by Gasteiger charge is -2.39. The van der Waals surface area contributed by atoms with Crippen LogP contribution in [-0.4, -0.2) is 57.2 Å². The van der Waals surface area contributed by atoms with Crippen LogP contribution in [0.2, 0.25) is 0 Å². The van der Waals surface area contributed by atoms with Crippen LogP contribution in [0.1, 0.15) is 61.8 Å². The van der Waals surface area contributed by atoms with Crippen molar-refractivity contribution in [2.24, 2.45) is 0 Å². The van der Waals surface area contributed by atoms with Crippen molar-refractivity contribution in [1.82, 2.24) is 0 Å². The summed E-state index contributed by atoms with van der Waals surface area (Å²) in [4.78, 5) is 0. The number of aliphatic hydroxyl groups excluding tert-OH is 3. The monoisotopic (exact) mass is 410 g/mol. The molecule has 0 radical (unpaired) electrons. The fourth-order valence-corrected chi connectivity index (χ4v) is 4.25. The third-order valence-electron chi connectivity index (χ3n) is 6.21. The smallest absolute Gasteiger partial charge is 0.229 e. The number of hydrogen-bond acceptors (Lipinski definition) is 7. The molecule has 0 bridgehead atoms. The Bertz CT molecular complexity index is 720. The zero-order chi connectivity index (χ0) is 21.3. The summed E-state index contributed by atoms with van der Waals surface area (Å²) in [6, 6.07) is 0. The fraction of sp³-hybridized carbons (Fsp3) is 0.727. The lowest BCUT2D eigenvalue weighted by atomic mass is 9.89. The highest BCUT2D eigenvalue weighted by molar-refractivity contribution is 5.58. The largest absolute Gasteiger partial charge is 0.507 e. The second kappa shape index (κ2) is 9.18. The van der Waals surface area contributed by atoms with E-state index in [1.807, 2.05) is 6.92 Å². The molecule has 0 amide bonds. The molecule has 1 fully saturated rings.